The molecule has 0 aliphatic carbocycles. The van der Waals surface area contributed by atoms with E-state index in [1.807, 2.05) is 54.4 Å². The molecule has 0 radical (unpaired) electrons. The van der Waals surface area contributed by atoms with E-state index < -0.39 is 6.04 Å². The van der Waals surface area contributed by atoms with Crippen LogP contribution in [0.3, 0.4) is 0 Å². The molecule has 1 unspecified atom stereocenters. The molecule has 1 atom stereocenters. The molecule has 8 nitrogen and oxygen atoms in total. The van der Waals surface area contributed by atoms with E-state index in [-0.39, 0.29) is 5.91 Å². The van der Waals surface area contributed by atoms with Gasteiger partial charge in [0.2, 0.25) is 11.9 Å². The standard InChI is InChI=1S/C18H19N7O/c1-2-15(17(26)24-11-9-13-12-19-10-8-16(13)24)20-18-21-22-23-25(18)14-6-4-3-5-7-14/h3-8,10,12,15H,2,9,11H2,1H3,(H,20,21,23). The number of pyridine rings is 1. The topological polar surface area (TPSA) is 88.8 Å². The molecule has 1 N–H and O–H groups in total. The Morgan fingerprint density at radius 3 is 2.92 bits per heavy atom. The first-order chi connectivity index (χ1) is 12.8. The van der Waals surface area contributed by atoms with Crippen LogP contribution in [0, 0.1) is 0 Å². The Hall–Kier alpha value is -3.29. The third-order valence-corrected chi connectivity index (χ3v) is 4.52. The fourth-order valence-electron chi connectivity index (χ4n) is 3.16. The van der Waals surface area contributed by atoms with Crippen molar-refractivity contribution in [3.05, 3.63) is 54.4 Å². The zero-order chi connectivity index (χ0) is 17.9. The van der Waals surface area contributed by atoms with Crippen molar-refractivity contribution in [3.8, 4) is 5.69 Å². The summed E-state index contributed by atoms with van der Waals surface area (Å²) in [4.78, 5) is 19.0. The Bertz CT molecular complexity index is 909. The van der Waals surface area contributed by atoms with Gasteiger partial charge < -0.3 is 10.2 Å². The van der Waals surface area contributed by atoms with Crippen molar-refractivity contribution in [1.29, 1.82) is 0 Å². The molecular weight excluding hydrogens is 330 g/mol. The Balaban J connectivity index is 1.56. The van der Waals surface area contributed by atoms with Crippen molar-refractivity contribution >= 4 is 17.5 Å². The number of tetrazole rings is 1. The summed E-state index contributed by atoms with van der Waals surface area (Å²) in [5, 5.41) is 15.0. The lowest BCUT2D eigenvalue weighted by Crippen LogP contribution is -2.42. The number of fused-ring (bicyclic) bond motifs is 1. The summed E-state index contributed by atoms with van der Waals surface area (Å²) in [6.45, 7) is 2.64. The first kappa shape index (κ1) is 16.2. The highest BCUT2D eigenvalue weighted by atomic mass is 16.2. The molecule has 3 heterocycles. The summed E-state index contributed by atoms with van der Waals surface area (Å²) >= 11 is 0. The van der Waals surface area contributed by atoms with Crippen LogP contribution < -0.4 is 10.2 Å². The number of hydrogen-bond donors (Lipinski definition) is 1. The molecule has 0 saturated heterocycles. The van der Waals surface area contributed by atoms with Gasteiger partial charge in [0.25, 0.3) is 0 Å². The molecule has 3 aromatic rings. The van der Waals surface area contributed by atoms with E-state index in [1.54, 1.807) is 10.9 Å². The van der Waals surface area contributed by atoms with Crippen LogP contribution in [0.2, 0.25) is 0 Å². The van der Waals surface area contributed by atoms with E-state index in [0.29, 0.717) is 18.9 Å². The molecule has 0 bridgehead atoms. The van der Waals surface area contributed by atoms with Crippen molar-refractivity contribution in [3.63, 3.8) is 0 Å². The van der Waals surface area contributed by atoms with E-state index in [0.717, 1.165) is 23.4 Å². The maximum absolute atomic E-state index is 13.1. The Labute approximate surface area is 150 Å². The molecule has 8 heteroatoms. The quantitative estimate of drug-likeness (QED) is 0.756. The molecule has 0 fully saturated rings. The van der Waals surface area contributed by atoms with Gasteiger partial charge in [-0.25, -0.2) is 0 Å². The number of anilines is 2. The molecule has 132 valence electrons. The van der Waals surface area contributed by atoms with Crippen LogP contribution in [0.1, 0.15) is 18.9 Å². The van der Waals surface area contributed by atoms with Crippen molar-refractivity contribution < 1.29 is 4.79 Å². The van der Waals surface area contributed by atoms with Gasteiger partial charge in [0.1, 0.15) is 6.04 Å². The average molecular weight is 349 g/mol. The Kier molecular flexibility index (Phi) is 4.30. The zero-order valence-corrected chi connectivity index (χ0v) is 14.4. The van der Waals surface area contributed by atoms with Crippen LogP contribution in [-0.4, -0.2) is 43.7 Å². The summed E-state index contributed by atoms with van der Waals surface area (Å²) < 4.78 is 1.60. The number of carbonyl (C=O) groups excluding carboxylic acids is 1. The smallest absolute Gasteiger partial charge is 0.249 e. The third kappa shape index (κ3) is 2.90. The second-order valence-corrected chi connectivity index (χ2v) is 6.10. The largest absolute Gasteiger partial charge is 0.341 e. The number of benzene rings is 1. The molecule has 0 saturated carbocycles. The Morgan fingerprint density at radius 1 is 1.27 bits per heavy atom. The molecule has 1 aliphatic rings. The highest BCUT2D eigenvalue weighted by Gasteiger charge is 2.30. The lowest BCUT2D eigenvalue weighted by Gasteiger charge is -2.24. The monoisotopic (exact) mass is 349 g/mol. The number of aromatic nitrogens is 5. The number of hydrogen-bond acceptors (Lipinski definition) is 6. The van der Waals surface area contributed by atoms with Gasteiger partial charge in [0.05, 0.1) is 11.4 Å². The van der Waals surface area contributed by atoms with Gasteiger partial charge in [-0.2, -0.15) is 4.68 Å². The molecule has 1 amide bonds. The van der Waals surface area contributed by atoms with Gasteiger partial charge in [0.15, 0.2) is 0 Å². The lowest BCUT2D eigenvalue weighted by atomic mass is 10.2. The SMILES string of the molecule is CCC(Nc1nnnn1-c1ccccc1)C(=O)N1CCc2cnccc21. The van der Waals surface area contributed by atoms with Crippen LogP contribution in [-0.2, 0) is 11.2 Å². The molecule has 4 rings (SSSR count). The number of rotatable bonds is 5. The van der Waals surface area contributed by atoms with E-state index in [1.165, 1.54) is 0 Å². The van der Waals surface area contributed by atoms with E-state index in [9.17, 15) is 4.79 Å². The predicted molar refractivity (Wildman–Crippen MR) is 97.1 cm³/mol. The maximum atomic E-state index is 13.1. The average Bonchev–Trinajstić information content (AvgIpc) is 3.33. The van der Waals surface area contributed by atoms with Gasteiger partial charge in [-0.3, -0.25) is 9.78 Å². The minimum Gasteiger partial charge on any atom is -0.341 e. The second kappa shape index (κ2) is 6.91. The summed E-state index contributed by atoms with van der Waals surface area (Å²) in [6.07, 6.45) is 4.99. The van der Waals surface area contributed by atoms with Crippen LogP contribution in [0.25, 0.3) is 5.69 Å². The predicted octanol–water partition coefficient (Wildman–Crippen LogP) is 1.84. The third-order valence-electron chi connectivity index (χ3n) is 4.52. The minimum absolute atomic E-state index is 0.0139. The highest BCUT2D eigenvalue weighted by molar-refractivity contribution is 6.00. The summed E-state index contributed by atoms with van der Waals surface area (Å²) in [5.74, 6) is 0.464. The normalized spacial score (nSPS) is 14.1. The van der Waals surface area contributed by atoms with E-state index in [4.69, 9.17) is 0 Å². The molecule has 0 spiro atoms. The fourth-order valence-corrected chi connectivity index (χ4v) is 3.16. The van der Waals surface area contributed by atoms with Crippen molar-refractivity contribution in [2.24, 2.45) is 0 Å². The molecule has 1 aromatic carbocycles. The number of para-hydroxylation sites is 1. The fraction of sp³-hybridized carbons (Fsp3) is 0.278. The molecule has 2 aromatic heterocycles. The summed E-state index contributed by atoms with van der Waals surface area (Å²) in [5.41, 5.74) is 2.87. The molecule has 1 aliphatic heterocycles. The van der Waals surface area contributed by atoms with Crippen molar-refractivity contribution in [2.45, 2.75) is 25.8 Å². The van der Waals surface area contributed by atoms with Gasteiger partial charge in [0, 0.05) is 18.9 Å². The first-order valence-electron chi connectivity index (χ1n) is 8.62. The van der Waals surface area contributed by atoms with Gasteiger partial charge in [-0.1, -0.05) is 30.2 Å². The summed E-state index contributed by atoms with van der Waals surface area (Å²) in [6, 6.07) is 11.1. The molecule has 26 heavy (non-hydrogen) atoms. The van der Waals surface area contributed by atoms with Gasteiger partial charge in [-0.15, -0.1) is 0 Å². The van der Waals surface area contributed by atoms with E-state index in [2.05, 4.69) is 25.8 Å². The van der Waals surface area contributed by atoms with Crippen molar-refractivity contribution in [2.75, 3.05) is 16.8 Å². The number of carbonyl (C=O) groups is 1. The zero-order valence-electron chi connectivity index (χ0n) is 14.4. The second-order valence-electron chi connectivity index (χ2n) is 6.10. The summed E-state index contributed by atoms with van der Waals surface area (Å²) in [7, 11) is 0. The maximum Gasteiger partial charge on any atom is 0.249 e. The Morgan fingerprint density at radius 2 is 2.12 bits per heavy atom. The van der Waals surface area contributed by atoms with Crippen LogP contribution in [0.5, 0.6) is 0 Å². The lowest BCUT2D eigenvalue weighted by molar-refractivity contribution is -0.119. The van der Waals surface area contributed by atoms with Crippen LogP contribution in [0.15, 0.2) is 48.8 Å². The number of nitrogens with one attached hydrogen (secondary N) is 1. The number of amides is 1. The van der Waals surface area contributed by atoms with Gasteiger partial charge in [-0.05, 0) is 47.0 Å². The molecular formula is C18H19N7O. The van der Waals surface area contributed by atoms with Crippen molar-refractivity contribution in [1.82, 2.24) is 25.2 Å². The van der Waals surface area contributed by atoms with Gasteiger partial charge >= 0.3 is 0 Å². The van der Waals surface area contributed by atoms with E-state index >= 15 is 0 Å². The number of nitrogens with zero attached hydrogens (tertiary/aromatic N) is 6. The minimum atomic E-state index is -0.414. The van der Waals surface area contributed by atoms with Crippen LogP contribution >= 0.6 is 0 Å². The van der Waals surface area contributed by atoms with Crippen LogP contribution in [0.4, 0.5) is 11.6 Å². The first-order valence-corrected chi connectivity index (χ1v) is 8.62. The highest BCUT2D eigenvalue weighted by Crippen LogP contribution is 2.28.